The summed E-state index contributed by atoms with van der Waals surface area (Å²) in [7, 11) is 0. The van der Waals surface area contributed by atoms with Crippen LogP contribution in [0.15, 0.2) is 29.2 Å². The minimum Gasteiger partial charge on any atom is -0.370 e. The minimum absolute atomic E-state index is 0.0176. The fraction of sp³-hybridized carbons (Fsp3) is 0.500. The maximum atomic E-state index is 14.9. The highest BCUT2D eigenvalue weighted by atomic mass is 35.5. The Morgan fingerprint density at radius 3 is 2.64 bits per heavy atom. The summed E-state index contributed by atoms with van der Waals surface area (Å²) < 4.78 is 73.0. The van der Waals surface area contributed by atoms with Gasteiger partial charge in [-0.2, -0.15) is 4.39 Å². The van der Waals surface area contributed by atoms with E-state index in [1.807, 2.05) is 4.90 Å². The third-order valence-corrected chi connectivity index (χ3v) is 8.21. The van der Waals surface area contributed by atoms with Crippen molar-refractivity contribution in [2.45, 2.75) is 30.1 Å². The van der Waals surface area contributed by atoms with Crippen LogP contribution < -0.4 is 9.62 Å². The lowest BCUT2D eigenvalue weighted by molar-refractivity contribution is -0.259. The highest BCUT2D eigenvalue weighted by Crippen LogP contribution is 2.59. The van der Waals surface area contributed by atoms with Gasteiger partial charge in [-0.1, -0.05) is 17.7 Å². The smallest absolute Gasteiger partial charge is 0.256 e. The van der Waals surface area contributed by atoms with Gasteiger partial charge in [-0.25, -0.2) is 22.5 Å². The number of pyridine rings is 1. The van der Waals surface area contributed by atoms with Crippen LogP contribution in [0.2, 0.25) is 5.02 Å². The third-order valence-electron chi connectivity index (χ3n) is 6.96. The fourth-order valence-electron chi connectivity index (χ4n) is 5.02. The van der Waals surface area contributed by atoms with Gasteiger partial charge in [0.1, 0.15) is 21.6 Å². The van der Waals surface area contributed by atoms with Gasteiger partial charge >= 0.3 is 0 Å². The van der Waals surface area contributed by atoms with Gasteiger partial charge in [0.05, 0.1) is 11.1 Å². The highest BCUT2D eigenvalue weighted by molar-refractivity contribution is 8.00. The number of hydrogen-bond acceptors (Lipinski definition) is 5. The number of alkyl halides is 2. The lowest BCUT2D eigenvalue weighted by Gasteiger charge is -2.60. The average molecular weight is 505 g/mol. The number of likely N-dealkylation sites (tertiary alicyclic amines) is 1. The summed E-state index contributed by atoms with van der Waals surface area (Å²) >= 11 is 6.88. The van der Waals surface area contributed by atoms with Crippen molar-refractivity contribution in [3.8, 4) is 0 Å². The van der Waals surface area contributed by atoms with Crippen molar-refractivity contribution in [2.24, 2.45) is 11.3 Å². The highest BCUT2D eigenvalue weighted by Gasteiger charge is 2.66. The number of halogens is 6. The molecule has 1 atom stereocenters. The summed E-state index contributed by atoms with van der Waals surface area (Å²) in [6.45, 7) is 2.65. The summed E-state index contributed by atoms with van der Waals surface area (Å²) in [5.41, 5.74) is -0.559. The standard InChI is InChI=1S/C22H22ClF5N4S/c23-18-15(8-14(24)20(19(18)26)33-30-17-3-1-2-16(25)29-17)32-7-4-13(10-32)9-31-11-21(12-31)5-6-22(21,27)28/h1-3,8,13H,4-7,9-12H2,(H,29,30). The molecule has 1 unspecified atom stereocenters. The second-order valence-electron chi connectivity index (χ2n) is 9.14. The van der Waals surface area contributed by atoms with Gasteiger partial charge in [0.15, 0.2) is 5.82 Å². The Balaban J connectivity index is 1.21. The van der Waals surface area contributed by atoms with Gasteiger partial charge in [-0.3, -0.25) is 0 Å². The predicted molar refractivity (Wildman–Crippen MR) is 118 cm³/mol. The molecular formula is C22H22ClF5N4S. The number of anilines is 2. The molecule has 178 valence electrons. The molecule has 3 heterocycles. The van der Waals surface area contributed by atoms with Crippen LogP contribution in [0, 0.1) is 28.9 Å². The molecule has 11 heteroatoms. The first-order chi connectivity index (χ1) is 15.7. The van der Waals surface area contributed by atoms with Crippen LogP contribution >= 0.6 is 23.5 Å². The van der Waals surface area contributed by atoms with E-state index in [1.54, 1.807) is 0 Å². The van der Waals surface area contributed by atoms with E-state index in [0.29, 0.717) is 51.1 Å². The number of benzene rings is 1. The molecule has 0 radical (unpaired) electrons. The van der Waals surface area contributed by atoms with E-state index < -0.39 is 28.9 Å². The van der Waals surface area contributed by atoms with E-state index >= 15 is 0 Å². The summed E-state index contributed by atoms with van der Waals surface area (Å²) in [5, 5.41) is -0.189. The van der Waals surface area contributed by atoms with E-state index in [2.05, 4.69) is 14.6 Å². The lowest BCUT2D eigenvalue weighted by Crippen LogP contribution is -2.70. The van der Waals surface area contributed by atoms with Gasteiger partial charge < -0.3 is 14.5 Å². The second kappa shape index (κ2) is 8.46. The minimum atomic E-state index is -2.55. The molecule has 1 N–H and O–H groups in total. The van der Waals surface area contributed by atoms with E-state index in [-0.39, 0.29) is 33.8 Å². The Hall–Kier alpha value is -1.78. The average Bonchev–Trinajstić information content (AvgIpc) is 3.20. The first kappa shape index (κ1) is 23.0. The molecule has 1 aromatic heterocycles. The van der Waals surface area contributed by atoms with Crippen molar-refractivity contribution in [3.63, 3.8) is 0 Å². The zero-order valence-electron chi connectivity index (χ0n) is 17.6. The Kier molecular flexibility index (Phi) is 5.89. The third kappa shape index (κ3) is 4.14. The summed E-state index contributed by atoms with van der Waals surface area (Å²) in [6, 6.07) is 5.26. The number of nitrogens with zero attached hydrogens (tertiary/aromatic N) is 3. The van der Waals surface area contributed by atoms with Crippen molar-refractivity contribution >= 4 is 35.1 Å². The van der Waals surface area contributed by atoms with E-state index in [9.17, 15) is 22.0 Å². The molecule has 2 saturated heterocycles. The molecule has 1 saturated carbocycles. The van der Waals surface area contributed by atoms with Crippen LogP contribution in [0.5, 0.6) is 0 Å². The molecular weight excluding hydrogens is 483 g/mol. The second-order valence-corrected chi connectivity index (χ2v) is 10.3. The molecule has 3 aliphatic rings. The molecule has 0 bridgehead atoms. The molecule has 3 fully saturated rings. The van der Waals surface area contributed by atoms with Crippen LogP contribution in [-0.4, -0.2) is 48.5 Å². The van der Waals surface area contributed by atoms with Crippen molar-refractivity contribution in [3.05, 3.63) is 46.9 Å². The molecule has 1 spiro atoms. The number of hydrogen-bond donors (Lipinski definition) is 1. The topological polar surface area (TPSA) is 31.4 Å². The molecule has 33 heavy (non-hydrogen) atoms. The van der Waals surface area contributed by atoms with Gasteiger partial charge in [0.25, 0.3) is 5.92 Å². The monoisotopic (exact) mass is 504 g/mol. The maximum absolute atomic E-state index is 14.9. The van der Waals surface area contributed by atoms with E-state index in [1.165, 1.54) is 18.2 Å². The van der Waals surface area contributed by atoms with Crippen molar-refractivity contribution in [1.29, 1.82) is 0 Å². The van der Waals surface area contributed by atoms with Crippen molar-refractivity contribution in [2.75, 3.05) is 42.3 Å². The van der Waals surface area contributed by atoms with Gasteiger partial charge in [-0.05, 0) is 42.8 Å². The Morgan fingerprint density at radius 2 is 1.97 bits per heavy atom. The van der Waals surface area contributed by atoms with Gasteiger partial charge in [0.2, 0.25) is 5.95 Å². The summed E-state index contributed by atoms with van der Waals surface area (Å²) in [4.78, 5) is 7.14. The largest absolute Gasteiger partial charge is 0.370 e. The Bertz CT molecular complexity index is 1070. The SMILES string of the molecule is Fc1cccc(NSc2c(F)cc(N3CCC(CN4CC5(CCC5(F)F)C4)C3)c(Cl)c2F)n1. The number of aromatic nitrogens is 1. The Labute approximate surface area is 197 Å². The molecule has 5 rings (SSSR count). The number of nitrogens with one attached hydrogen (secondary N) is 1. The summed E-state index contributed by atoms with van der Waals surface area (Å²) in [5.74, 6) is -4.62. The first-order valence-electron chi connectivity index (χ1n) is 10.8. The molecule has 4 nitrogen and oxygen atoms in total. The zero-order valence-corrected chi connectivity index (χ0v) is 19.1. The van der Waals surface area contributed by atoms with Gasteiger partial charge in [0, 0.05) is 45.2 Å². The first-order valence-corrected chi connectivity index (χ1v) is 11.9. The summed E-state index contributed by atoms with van der Waals surface area (Å²) in [6.07, 6.45) is 1.36. The van der Waals surface area contributed by atoms with Crippen LogP contribution in [0.4, 0.5) is 33.5 Å². The lowest BCUT2D eigenvalue weighted by atomic mass is 9.60. The van der Waals surface area contributed by atoms with Crippen LogP contribution in [-0.2, 0) is 0 Å². The number of rotatable bonds is 6. The molecule has 1 aliphatic carbocycles. The van der Waals surface area contributed by atoms with Crippen LogP contribution in [0.1, 0.15) is 19.3 Å². The molecule has 0 amide bonds. The zero-order chi connectivity index (χ0) is 23.4. The predicted octanol–water partition coefficient (Wildman–Crippen LogP) is 5.83. The van der Waals surface area contributed by atoms with Crippen molar-refractivity contribution < 1.29 is 22.0 Å². The Morgan fingerprint density at radius 1 is 1.18 bits per heavy atom. The fourth-order valence-corrected chi connectivity index (χ4v) is 6.01. The molecule has 2 aromatic rings. The van der Waals surface area contributed by atoms with E-state index in [0.717, 1.165) is 12.5 Å². The normalized spacial score (nSPS) is 23.5. The van der Waals surface area contributed by atoms with Crippen LogP contribution in [0.3, 0.4) is 0 Å². The molecule has 1 aromatic carbocycles. The van der Waals surface area contributed by atoms with Crippen molar-refractivity contribution in [1.82, 2.24) is 9.88 Å². The molecule has 2 aliphatic heterocycles. The van der Waals surface area contributed by atoms with Gasteiger partial charge in [-0.15, -0.1) is 0 Å². The maximum Gasteiger partial charge on any atom is 0.256 e. The quantitative estimate of drug-likeness (QED) is 0.231. The van der Waals surface area contributed by atoms with Crippen LogP contribution in [0.25, 0.3) is 0 Å². The van der Waals surface area contributed by atoms with E-state index in [4.69, 9.17) is 11.6 Å².